The van der Waals surface area contributed by atoms with Gasteiger partial charge >= 0.3 is 0 Å². The van der Waals surface area contributed by atoms with Crippen LogP contribution in [0, 0.1) is 0 Å². The van der Waals surface area contributed by atoms with Gasteiger partial charge in [0.25, 0.3) is 0 Å². The predicted octanol–water partition coefficient (Wildman–Crippen LogP) is 5.20. The molecule has 1 nitrogen and oxygen atoms in total. The van der Waals surface area contributed by atoms with Crippen LogP contribution < -0.4 is 0 Å². The van der Waals surface area contributed by atoms with Crippen molar-refractivity contribution in [2.45, 2.75) is 34.1 Å². The SMILES string of the molecule is C=C/C(C)=C\C=C/CC.C=C/C=C\C=C.CC.O. The van der Waals surface area contributed by atoms with Crippen LogP contribution >= 0.6 is 0 Å². The predicted molar refractivity (Wildman–Crippen MR) is 87.9 cm³/mol. The molecule has 18 heavy (non-hydrogen) atoms. The molecular formula is C17H30O. The Hall–Kier alpha value is -1.60. The van der Waals surface area contributed by atoms with E-state index in [0.717, 1.165) is 6.42 Å². The van der Waals surface area contributed by atoms with E-state index in [4.69, 9.17) is 0 Å². The van der Waals surface area contributed by atoms with E-state index >= 15 is 0 Å². The maximum atomic E-state index is 3.64. The summed E-state index contributed by atoms with van der Waals surface area (Å²) in [5.74, 6) is 0. The molecule has 0 atom stereocenters. The molecule has 0 spiro atoms. The number of allylic oxidation sites excluding steroid dienone is 9. The number of hydrogen-bond donors (Lipinski definition) is 0. The monoisotopic (exact) mass is 250 g/mol. The molecule has 0 aromatic rings. The molecule has 0 aromatic carbocycles. The molecule has 2 N–H and O–H groups in total. The summed E-state index contributed by atoms with van der Waals surface area (Å²) < 4.78 is 0. The lowest BCUT2D eigenvalue weighted by molar-refractivity contribution is 0.824. The highest BCUT2D eigenvalue weighted by Gasteiger charge is 1.71. The molecule has 0 aliphatic rings. The second-order valence-corrected chi connectivity index (χ2v) is 2.81. The van der Waals surface area contributed by atoms with Crippen LogP contribution in [-0.2, 0) is 0 Å². The topological polar surface area (TPSA) is 31.5 Å². The van der Waals surface area contributed by atoms with Crippen molar-refractivity contribution in [1.82, 2.24) is 0 Å². The molecule has 0 aliphatic heterocycles. The lowest BCUT2D eigenvalue weighted by Crippen LogP contribution is -1.61. The Morgan fingerprint density at radius 2 is 1.39 bits per heavy atom. The van der Waals surface area contributed by atoms with E-state index in [1.54, 1.807) is 12.2 Å². The van der Waals surface area contributed by atoms with Gasteiger partial charge in [0.05, 0.1) is 0 Å². The van der Waals surface area contributed by atoms with E-state index in [-0.39, 0.29) is 5.48 Å². The highest BCUT2D eigenvalue weighted by molar-refractivity contribution is 5.19. The van der Waals surface area contributed by atoms with Crippen molar-refractivity contribution >= 4 is 0 Å². The van der Waals surface area contributed by atoms with Crippen LogP contribution in [0.1, 0.15) is 34.1 Å². The first-order valence-electron chi connectivity index (χ1n) is 6.08. The van der Waals surface area contributed by atoms with Crippen molar-refractivity contribution in [1.29, 1.82) is 0 Å². The highest BCUT2D eigenvalue weighted by atomic mass is 16.0. The van der Waals surface area contributed by atoms with Gasteiger partial charge in [0, 0.05) is 0 Å². The standard InChI is InChI=1S/C9H14.C6H8.C2H6.H2O/c1-4-6-7-8-9(3)5-2;1-3-5-6-4-2;1-2;/h5-8H,2,4H2,1,3H3;3-6H,1-2H2;1-2H3;1H2/b7-6-,9-8-;6-5-;;. The number of rotatable bonds is 5. The van der Waals surface area contributed by atoms with Gasteiger partial charge in [0.1, 0.15) is 0 Å². The Labute approximate surface area is 114 Å². The summed E-state index contributed by atoms with van der Waals surface area (Å²) in [6, 6.07) is 0. The fourth-order valence-electron chi connectivity index (χ4n) is 0.581. The molecule has 0 aliphatic carbocycles. The summed E-state index contributed by atoms with van der Waals surface area (Å²) in [6.07, 6.45) is 16.2. The van der Waals surface area contributed by atoms with Gasteiger partial charge in [-0.1, -0.05) is 94.7 Å². The normalized spacial score (nSPS) is 9.44. The lowest BCUT2D eigenvalue weighted by Gasteiger charge is -1.82. The first-order chi connectivity index (χ1) is 8.22. The van der Waals surface area contributed by atoms with E-state index in [0.29, 0.717) is 0 Å². The van der Waals surface area contributed by atoms with Crippen molar-refractivity contribution in [2.24, 2.45) is 0 Å². The fourth-order valence-corrected chi connectivity index (χ4v) is 0.581. The third-order valence-electron chi connectivity index (χ3n) is 1.44. The minimum absolute atomic E-state index is 0. The minimum atomic E-state index is 0. The molecule has 0 bridgehead atoms. The van der Waals surface area contributed by atoms with Crippen molar-refractivity contribution in [3.63, 3.8) is 0 Å². The molecule has 0 unspecified atom stereocenters. The summed E-state index contributed by atoms with van der Waals surface area (Å²) in [7, 11) is 0. The molecule has 1 heteroatoms. The maximum Gasteiger partial charge on any atom is -0.0376 e. The van der Waals surface area contributed by atoms with Crippen molar-refractivity contribution in [3.8, 4) is 0 Å². The molecule has 104 valence electrons. The van der Waals surface area contributed by atoms with Crippen LogP contribution in [0.4, 0.5) is 0 Å². The first-order valence-corrected chi connectivity index (χ1v) is 6.08. The van der Waals surface area contributed by atoms with E-state index in [2.05, 4.69) is 44.9 Å². The van der Waals surface area contributed by atoms with Gasteiger partial charge in [0.2, 0.25) is 0 Å². The quantitative estimate of drug-likeness (QED) is 0.601. The van der Waals surface area contributed by atoms with Gasteiger partial charge < -0.3 is 5.48 Å². The zero-order chi connectivity index (χ0) is 13.9. The summed E-state index contributed by atoms with van der Waals surface area (Å²) in [5.41, 5.74) is 1.21. The summed E-state index contributed by atoms with van der Waals surface area (Å²) in [4.78, 5) is 0. The Kier molecular flexibility index (Phi) is 41.5. The molecule has 0 saturated carbocycles. The highest BCUT2D eigenvalue weighted by Crippen LogP contribution is 1.92. The van der Waals surface area contributed by atoms with E-state index in [1.165, 1.54) is 5.57 Å². The van der Waals surface area contributed by atoms with Crippen LogP contribution in [-0.4, -0.2) is 5.48 Å². The van der Waals surface area contributed by atoms with Crippen LogP contribution in [0.15, 0.2) is 73.9 Å². The van der Waals surface area contributed by atoms with Crippen molar-refractivity contribution < 1.29 is 5.48 Å². The van der Waals surface area contributed by atoms with Crippen LogP contribution in [0.3, 0.4) is 0 Å². The summed E-state index contributed by atoms with van der Waals surface area (Å²) >= 11 is 0. The third-order valence-corrected chi connectivity index (χ3v) is 1.44. The third kappa shape index (κ3) is 36.6. The van der Waals surface area contributed by atoms with Gasteiger partial charge in [-0.15, -0.1) is 0 Å². The smallest absolute Gasteiger partial charge is 0.0376 e. The van der Waals surface area contributed by atoms with Gasteiger partial charge in [-0.05, 0) is 13.3 Å². The van der Waals surface area contributed by atoms with Crippen LogP contribution in [0.5, 0.6) is 0 Å². The van der Waals surface area contributed by atoms with Crippen LogP contribution in [0.2, 0.25) is 0 Å². The van der Waals surface area contributed by atoms with Crippen molar-refractivity contribution in [2.75, 3.05) is 0 Å². The lowest BCUT2D eigenvalue weighted by atomic mass is 10.2. The molecule has 0 radical (unpaired) electrons. The van der Waals surface area contributed by atoms with Gasteiger partial charge in [0.15, 0.2) is 0 Å². The van der Waals surface area contributed by atoms with E-state index in [1.807, 2.05) is 39.0 Å². The molecule has 0 aromatic heterocycles. The largest absolute Gasteiger partial charge is 0.412 e. The van der Waals surface area contributed by atoms with Crippen LogP contribution in [0.25, 0.3) is 0 Å². The Bertz CT molecular complexity index is 245. The summed E-state index contributed by atoms with van der Waals surface area (Å²) in [6.45, 7) is 18.7. The molecule has 0 saturated heterocycles. The molecular weight excluding hydrogens is 220 g/mol. The first kappa shape index (κ1) is 25.3. The van der Waals surface area contributed by atoms with Crippen molar-refractivity contribution in [3.05, 3.63) is 73.9 Å². The second-order valence-electron chi connectivity index (χ2n) is 2.81. The second kappa shape index (κ2) is 29.5. The molecule has 0 amide bonds. The minimum Gasteiger partial charge on any atom is -0.412 e. The Morgan fingerprint density at radius 3 is 1.67 bits per heavy atom. The van der Waals surface area contributed by atoms with Gasteiger partial charge in [-0.2, -0.15) is 0 Å². The molecule has 0 heterocycles. The zero-order valence-corrected chi connectivity index (χ0v) is 12.4. The molecule has 0 fully saturated rings. The van der Waals surface area contributed by atoms with E-state index in [9.17, 15) is 0 Å². The van der Waals surface area contributed by atoms with Gasteiger partial charge in [-0.3, -0.25) is 0 Å². The summed E-state index contributed by atoms with van der Waals surface area (Å²) in [5, 5.41) is 0. The number of hydrogen-bond acceptors (Lipinski definition) is 0. The Balaban J connectivity index is -0.0000000958. The average molecular weight is 250 g/mol. The zero-order valence-electron chi connectivity index (χ0n) is 12.4. The Morgan fingerprint density at radius 1 is 0.944 bits per heavy atom. The van der Waals surface area contributed by atoms with E-state index < -0.39 is 0 Å². The average Bonchev–Trinajstić information content (AvgIpc) is 2.39. The fraction of sp³-hybridized carbons (Fsp3) is 0.294. The van der Waals surface area contributed by atoms with Gasteiger partial charge in [-0.25, -0.2) is 0 Å². The molecule has 0 rings (SSSR count). The maximum absolute atomic E-state index is 3.64.